The van der Waals surface area contributed by atoms with Crippen LogP contribution in [-0.4, -0.2) is 23.7 Å². The van der Waals surface area contributed by atoms with E-state index in [1.807, 2.05) is 38.1 Å². The number of aliphatic hydroxyl groups excluding tert-OH is 1. The molecule has 1 aromatic rings. The Hall–Kier alpha value is -1.35. The number of rotatable bonds is 5. The molecule has 0 aromatic heterocycles. The van der Waals surface area contributed by atoms with Crippen LogP contribution in [0.3, 0.4) is 0 Å². The molecule has 0 aliphatic rings. The summed E-state index contributed by atoms with van der Waals surface area (Å²) in [5.74, 6) is -0.0400. The van der Waals surface area contributed by atoms with Crippen LogP contribution in [0, 0.1) is 6.92 Å². The summed E-state index contributed by atoms with van der Waals surface area (Å²) < 4.78 is 0. The van der Waals surface area contributed by atoms with Gasteiger partial charge in [0.15, 0.2) is 0 Å². The average molecular weight is 221 g/mol. The first-order chi connectivity index (χ1) is 7.63. The maximum absolute atomic E-state index is 11.6. The number of hydrogen-bond acceptors (Lipinski definition) is 2. The highest BCUT2D eigenvalue weighted by atomic mass is 16.3. The Morgan fingerprint density at radius 2 is 2.12 bits per heavy atom. The van der Waals surface area contributed by atoms with Crippen LogP contribution in [0.4, 0.5) is 0 Å². The number of hydrogen-bond donors (Lipinski definition) is 2. The molecular weight excluding hydrogens is 202 g/mol. The maximum atomic E-state index is 11.6. The molecule has 1 rings (SSSR count). The molecular formula is C13H19NO2. The van der Waals surface area contributed by atoms with Gasteiger partial charge in [-0.2, -0.15) is 0 Å². The standard InChI is InChI=1S/C13H19NO2/c1-3-12(15)9-14-13(16)8-11-7-5-4-6-10(11)2/h4-7,12,15H,3,8-9H2,1-2H3,(H,14,16). The largest absolute Gasteiger partial charge is 0.391 e. The van der Waals surface area contributed by atoms with Gasteiger partial charge in [0.25, 0.3) is 0 Å². The molecule has 0 heterocycles. The number of nitrogens with one attached hydrogen (secondary N) is 1. The maximum Gasteiger partial charge on any atom is 0.224 e. The summed E-state index contributed by atoms with van der Waals surface area (Å²) in [7, 11) is 0. The van der Waals surface area contributed by atoms with Crippen LogP contribution in [0.2, 0.25) is 0 Å². The zero-order chi connectivity index (χ0) is 12.0. The smallest absolute Gasteiger partial charge is 0.224 e. The minimum absolute atomic E-state index is 0.0400. The molecule has 0 saturated carbocycles. The van der Waals surface area contributed by atoms with Gasteiger partial charge in [-0.05, 0) is 24.5 Å². The number of aryl methyl sites for hydroxylation is 1. The first kappa shape index (κ1) is 12.7. The summed E-state index contributed by atoms with van der Waals surface area (Å²) >= 11 is 0. The molecule has 0 saturated heterocycles. The fourth-order valence-electron chi connectivity index (χ4n) is 1.42. The minimum atomic E-state index is -0.444. The van der Waals surface area contributed by atoms with Crippen molar-refractivity contribution in [3.8, 4) is 0 Å². The molecule has 0 aliphatic carbocycles. The van der Waals surface area contributed by atoms with Crippen molar-refractivity contribution in [1.29, 1.82) is 0 Å². The zero-order valence-electron chi connectivity index (χ0n) is 9.86. The molecule has 88 valence electrons. The average Bonchev–Trinajstić information content (AvgIpc) is 2.29. The number of amides is 1. The summed E-state index contributed by atoms with van der Waals surface area (Å²) in [5, 5.41) is 12.0. The van der Waals surface area contributed by atoms with Crippen LogP contribution < -0.4 is 5.32 Å². The van der Waals surface area contributed by atoms with E-state index < -0.39 is 6.10 Å². The summed E-state index contributed by atoms with van der Waals surface area (Å²) in [4.78, 5) is 11.6. The van der Waals surface area contributed by atoms with E-state index in [1.54, 1.807) is 0 Å². The summed E-state index contributed by atoms with van der Waals surface area (Å²) in [6, 6.07) is 7.82. The highest BCUT2D eigenvalue weighted by Gasteiger charge is 2.07. The van der Waals surface area contributed by atoms with E-state index in [4.69, 9.17) is 0 Å². The van der Waals surface area contributed by atoms with E-state index in [1.165, 1.54) is 0 Å². The molecule has 0 fully saturated rings. The van der Waals surface area contributed by atoms with Crippen LogP contribution in [0.15, 0.2) is 24.3 Å². The minimum Gasteiger partial charge on any atom is -0.391 e. The normalized spacial score (nSPS) is 12.2. The van der Waals surface area contributed by atoms with Crippen molar-refractivity contribution in [2.45, 2.75) is 32.8 Å². The molecule has 1 unspecified atom stereocenters. The molecule has 16 heavy (non-hydrogen) atoms. The molecule has 3 heteroatoms. The highest BCUT2D eigenvalue weighted by molar-refractivity contribution is 5.78. The van der Waals surface area contributed by atoms with Crippen LogP contribution in [-0.2, 0) is 11.2 Å². The second-order valence-corrected chi connectivity index (χ2v) is 3.97. The van der Waals surface area contributed by atoms with E-state index in [9.17, 15) is 9.90 Å². The molecule has 3 nitrogen and oxygen atoms in total. The van der Waals surface area contributed by atoms with Gasteiger partial charge < -0.3 is 10.4 Å². The Kier molecular flexibility index (Phi) is 4.99. The molecule has 1 atom stereocenters. The highest BCUT2D eigenvalue weighted by Crippen LogP contribution is 2.07. The van der Waals surface area contributed by atoms with Gasteiger partial charge in [0.2, 0.25) is 5.91 Å². The fraction of sp³-hybridized carbons (Fsp3) is 0.462. The Labute approximate surface area is 96.5 Å². The van der Waals surface area contributed by atoms with Crippen LogP contribution in [0.1, 0.15) is 24.5 Å². The van der Waals surface area contributed by atoms with Crippen LogP contribution in [0.5, 0.6) is 0 Å². The van der Waals surface area contributed by atoms with Crippen molar-refractivity contribution < 1.29 is 9.90 Å². The van der Waals surface area contributed by atoms with Gasteiger partial charge in [0.1, 0.15) is 0 Å². The van der Waals surface area contributed by atoms with E-state index in [-0.39, 0.29) is 5.91 Å². The molecule has 1 amide bonds. The van der Waals surface area contributed by atoms with Gasteiger partial charge in [0, 0.05) is 6.54 Å². The van der Waals surface area contributed by atoms with Crippen molar-refractivity contribution in [3.05, 3.63) is 35.4 Å². The van der Waals surface area contributed by atoms with Crippen molar-refractivity contribution >= 4 is 5.91 Å². The Bertz CT molecular complexity index is 350. The van der Waals surface area contributed by atoms with Gasteiger partial charge in [-0.25, -0.2) is 0 Å². The lowest BCUT2D eigenvalue weighted by molar-refractivity contribution is -0.120. The summed E-state index contributed by atoms with van der Waals surface area (Å²) in [5.41, 5.74) is 2.15. The number of carbonyl (C=O) groups excluding carboxylic acids is 1. The lowest BCUT2D eigenvalue weighted by atomic mass is 10.1. The molecule has 0 bridgehead atoms. The third kappa shape index (κ3) is 4.03. The van der Waals surface area contributed by atoms with Gasteiger partial charge in [0.05, 0.1) is 12.5 Å². The quantitative estimate of drug-likeness (QED) is 0.790. The van der Waals surface area contributed by atoms with Crippen LogP contribution in [0.25, 0.3) is 0 Å². The summed E-state index contributed by atoms with van der Waals surface area (Å²) in [6.07, 6.45) is 0.592. The topological polar surface area (TPSA) is 49.3 Å². The number of aliphatic hydroxyl groups is 1. The Balaban J connectivity index is 2.43. The first-order valence-corrected chi connectivity index (χ1v) is 5.62. The van der Waals surface area contributed by atoms with Gasteiger partial charge in [-0.15, -0.1) is 0 Å². The van der Waals surface area contributed by atoms with E-state index in [0.717, 1.165) is 11.1 Å². The van der Waals surface area contributed by atoms with Crippen molar-refractivity contribution in [1.82, 2.24) is 5.32 Å². The molecule has 2 N–H and O–H groups in total. The monoisotopic (exact) mass is 221 g/mol. The zero-order valence-corrected chi connectivity index (χ0v) is 9.86. The number of carbonyl (C=O) groups is 1. The third-order valence-corrected chi connectivity index (χ3v) is 2.62. The van der Waals surface area contributed by atoms with Crippen molar-refractivity contribution in [2.24, 2.45) is 0 Å². The van der Waals surface area contributed by atoms with E-state index in [2.05, 4.69) is 5.32 Å². The Morgan fingerprint density at radius 1 is 1.44 bits per heavy atom. The van der Waals surface area contributed by atoms with Gasteiger partial charge >= 0.3 is 0 Å². The first-order valence-electron chi connectivity index (χ1n) is 5.62. The third-order valence-electron chi connectivity index (χ3n) is 2.62. The SMILES string of the molecule is CCC(O)CNC(=O)Cc1ccccc1C. The van der Waals surface area contributed by atoms with Gasteiger partial charge in [-0.3, -0.25) is 4.79 Å². The molecule has 1 aromatic carbocycles. The second kappa shape index (κ2) is 6.28. The molecule has 0 aliphatic heterocycles. The fourth-order valence-corrected chi connectivity index (χ4v) is 1.42. The summed E-state index contributed by atoms with van der Waals surface area (Å²) in [6.45, 7) is 4.21. The lowest BCUT2D eigenvalue weighted by Crippen LogP contribution is -2.32. The van der Waals surface area contributed by atoms with E-state index in [0.29, 0.717) is 19.4 Å². The second-order valence-electron chi connectivity index (χ2n) is 3.97. The molecule has 0 spiro atoms. The predicted molar refractivity (Wildman–Crippen MR) is 64.2 cm³/mol. The molecule has 0 radical (unpaired) electrons. The Morgan fingerprint density at radius 3 is 2.75 bits per heavy atom. The van der Waals surface area contributed by atoms with Crippen molar-refractivity contribution in [2.75, 3.05) is 6.54 Å². The van der Waals surface area contributed by atoms with Crippen molar-refractivity contribution in [3.63, 3.8) is 0 Å². The number of benzene rings is 1. The van der Waals surface area contributed by atoms with Gasteiger partial charge in [-0.1, -0.05) is 31.2 Å². The van der Waals surface area contributed by atoms with Crippen LogP contribution >= 0.6 is 0 Å². The lowest BCUT2D eigenvalue weighted by Gasteiger charge is -2.10. The predicted octanol–water partition coefficient (Wildman–Crippen LogP) is 1.42. The van der Waals surface area contributed by atoms with E-state index >= 15 is 0 Å².